The summed E-state index contributed by atoms with van der Waals surface area (Å²) in [6.45, 7) is 5.11. The van der Waals surface area contributed by atoms with Crippen LogP contribution < -0.4 is 10.1 Å². The van der Waals surface area contributed by atoms with Gasteiger partial charge < -0.3 is 14.5 Å². The fourth-order valence-corrected chi connectivity index (χ4v) is 2.78. The van der Waals surface area contributed by atoms with Crippen molar-refractivity contribution in [3.05, 3.63) is 65.0 Å². The van der Waals surface area contributed by atoms with Crippen LogP contribution in [0.25, 0.3) is 11.5 Å². The van der Waals surface area contributed by atoms with Crippen LogP contribution in [0.15, 0.2) is 52.9 Å². The highest BCUT2D eigenvalue weighted by Gasteiger charge is 2.12. The molecule has 0 fully saturated rings. The van der Waals surface area contributed by atoms with Gasteiger partial charge in [-0.1, -0.05) is 29.8 Å². The lowest BCUT2D eigenvalue weighted by molar-refractivity contribution is 0.340. The Hall–Kier alpha value is -2.37. The van der Waals surface area contributed by atoms with Crippen molar-refractivity contribution in [3.8, 4) is 17.2 Å². The van der Waals surface area contributed by atoms with Crippen LogP contribution in [0.5, 0.6) is 5.75 Å². The van der Waals surface area contributed by atoms with E-state index in [1.807, 2.05) is 62.4 Å². The number of hydrogen-bond acceptors (Lipinski definition) is 5. The second kappa shape index (κ2) is 8.14. The van der Waals surface area contributed by atoms with Crippen molar-refractivity contribution in [1.29, 1.82) is 0 Å². The van der Waals surface area contributed by atoms with Gasteiger partial charge >= 0.3 is 0 Å². The van der Waals surface area contributed by atoms with Gasteiger partial charge in [-0.2, -0.15) is 0 Å². The number of nitrogens with one attached hydrogen (secondary N) is 1. The van der Waals surface area contributed by atoms with E-state index >= 15 is 0 Å². The van der Waals surface area contributed by atoms with Gasteiger partial charge in [0.15, 0.2) is 0 Å². The average Bonchev–Trinajstić information content (AvgIpc) is 3.10. The third-order valence-corrected chi connectivity index (χ3v) is 4.15. The number of halogens is 1. The van der Waals surface area contributed by atoms with Gasteiger partial charge in [0.1, 0.15) is 5.75 Å². The number of ether oxygens (including phenoxy) is 1. The van der Waals surface area contributed by atoms with Gasteiger partial charge in [0.05, 0.1) is 13.2 Å². The number of hydrogen-bond donors (Lipinski definition) is 1. The molecule has 0 aliphatic heterocycles. The van der Waals surface area contributed by atoms with Crippen molar-refractivity contribution in [1.82, 2.24) is 15.5 Å². The Morgan fingerprint density at radius 1 is 1.12 bits per heavy atom. The average molecular weight is 358 g/mol. The summed E-state index contributed by atoms with van der Waals surface area (Å²) >= 11 is 6.22. The minimum absolute atomic E-state index is 0.0783. The molecule has 3 rings (SSSR count). The maximum Gasteiger partial charge on any atom is 0.247 e. The first-order valence-electron chi connectivity index (χ1n) is 8.20. The third kappa shape index (κ3) is 4.38. The smallest absolute Gasteiger partial charge is 0.247 e. The van der Waals surface area contributed by atoms with E-state index in [2.05, 4.69) is 15.5 Å². The highest BCUT2D eigenvalue weighted by molar-refractivity contribution is 6.31. The molecule has 1 heterocycles. The van der Waals surface area contributed by atoms with E-state index in [9.17, 15) is 0 Å². The van der Waals surface area contributed by atoms with Crippen LogP contribution in [0.1, 0.15) is 31.3 Å². The summed E-state index contributed by atoms with van der Waals surface area (Å²) in [6.07, 6.45) is 0. The van der Waals surface area contributed by atoms with E-state index in [1.165, 1.54) is 0 Å². The van der Waals surface area contributed by atoms with Gasteiger partial charge in [-0.25, -0.2) is 0 Å². The van der Waals surface area contributed by atoms with E-state index in [0.29, 0.717) is 24.9 Å². The summed E-state index contributed by atoms with van der Waals surface area (Å²) < 4.78 is 11.2. The summed E-state index contributed by atoms with van der Waals surface area (Å²) in [6, 6.07) is 15.4. The second-order valence-electron chi connectivity index (χ2n) is 5.58. The number of benzene rings is 2. The molecule has 5 nitrogen and oxygen atoms in total. The summed E-state index contributed by atoms with van der Waals surface area (Å²) in [4.78, 5) is 0. The lowest BCUT2D eigenvalue weighted by atomic mass is 10.1. The van der Waals surface area contributed by atoms with Crippen molar-refractivity contribution >= 4 is 11.6 Å². The molecule has 2 aromatic carbocycles. The largest absolute Gasteiger partial charge is 0.494 e. The predicted octanol–water partition coefficient (Wildman–Crippen LogP) is 4.64. The van der Waals surface area contributed by atoms with Crippen LogP contribution in [0.4, 0.5) is 0 Å². The molecular weight excluding hydrogens is 338 g/mol. The first-order valence-corrected chi connectivity index (χ1v) is 8.58. The molecule has 25 heavy (non-hydrogen) atoms. The van der Waals surface area contributed by atoms with Gasteiger partial charge in [-0.15, -0.1) is 10.2 Å². The Labute approximate surface area is 152 Å². The minimum atomic E-state index is 0.0783. The van der Waals surface area contributed by atoms with Crippen LogP contribution in [-0.2, 0) is 6.54 Å². The zero-order chi connectivity index (χ0) is 17.6. The van der Waals surface area contributed by atoms with Crippen molar-refractivity contribution < 1.29 is 9.15 Å². The van der Waals surface area contributed by atoms with Crippen LogP contribution in [0.3, 0.4) is 0 Å². The number of rotatable bonds is 7. The molecule has 0 saturated heterocycles. The van der Waals surface area contributed by atoms with Crippen LogP contribution in [0.2, 0.25) is 5.02 Å². The summed E-state index contributed by atoms with van der Waals surface area (Å²) in [5, 5.41) is 12.3. The number of aromatic nitrogens is 2. The van der Waals surface area contributed by atoms with Crippen molar-refractivity contribution in [2.45, 2.75) is 26.4 Å². The van der Waals surface area contributed by atoms with Gasteiger partial charge in [0.25, 0.3) is 0 Å². The Bertz CT molecular complexity index is 818. The molecule has 0 spiro atoms. The molecule has 0 bridgehead atoms. The molecular formula is C19H20ClN3O2. The minimum Gasteiger partial charge on any atom is -0.494 e. The molecule has 6 heteroatoms. The van der Waals surface area contributed by atoms with Crippen LogP contribution in [-0.4, -0.2) is 16.8 Å². The zero-order valence-corrected chi connectivity index (χ0v) is 15.0. The van der Waals surface area contributed by atoms with E-state index in [4.69, 9.17) is 20.8 Å². The quantitative estimate of drug-likeness (QED) is 0.667. The maximum atomic E-state index is 6.22. The number of nitrogens with zero attached hydrogens (tertiary/aromatic N) is 2. The standard InChI is InChI=1S/C19H20ClN3O2/c1-3-24-15-10-8-14(9-11-15)19-23-22-18(25-19)12-21-13(2)16-6-4-5-7-17(16)20/h4-11,13,21H,3,12H2,1-2H3. The molecule has 0 amide bonds. The summed E-state index contributed by atoms with van der Waals surface area (Å²) in [5.41, 5.74) is 1.90. The fourth-order valence-electron chi connectivity index (χ4n) is 2.48. The van der Waals surface area contributed by atoms with Crippen LogP contribution >= 0.6 is 11.6 Å². The first kappa shape index (κ1) is 17.5. The Balaban J connectivity index is 1.63. The van der Waals surface area contributed by atoms with E-state index in [0.717, 1.165) is 21.9 Å². The van der Waals surface area contributed by atoms with E-state index in [-0.39, 0.29) is 6.04 Å². The zero-order valence-electron chi connectivity index (χ0n) is 14.2. The molecule has 1 N–H and O–H groups in total. The molecule has 3 aromatic rings. The maximum absolute atomic E-state index is 6.22. The lowest BCUT2D eigenvalue weighted by Crippen LogP contribution is -2.18. The highest BCUT2D eigenvalue weighted by atomic mass is 35.5. The van der Waals surface area contributed by atoms with E-state index < -0.39 is 0 Å². The predicted molar refractivity (Wildman–Crippen MR) is 97.6 cm³/mol. The molecule has 130 valence electrons. The SMILES string of the molecule is CCOc1ccc(-c2nnc(CNC(C)c3ccccc3Cl)o2)cc1. The highest BCUT2D eigenvalue weighted by Crippen LogP contribution is 2.24. The Morgan fingerprint density at radius 2 is 1.88 bits per heavy atom. The molecule has 0 saturated carbocycles. The monoisotopic (exact) mass is 357 g/mol. The summed E-state index contributed by atoms with van der Waals surface area (Å²) in [7, 11) is 0. The topological polar surface area (TPSA) is 60.2 Å². The van der Waals surface area contributed by atoms with Crippen LogP contribution in [0, 0.1) is 0 Å². The summed E-state index contributed by atoms with van der Waals surface area (Å²) in [5.74, 6) is 1.84. The van der Waals surface area contributed by atoms with Gasteiger partial charge in [-0.3, -0.25) is 0 Å². The van der Waals surface area contributed by atoms with Crippen molar-refractivity contribution in [2.24, 2.45) is 0 Å². The Kier molecular flexibility index (Phi) is 5.68. The second-order valence-corrected chi connectivity index (χ2v) is 5.99. The molecule has 0 aliphatic carbocycles. The van der Waals surface area contributed by atoms with E-state index in [1.54, 1.807) is 0 Å². The Morgan fingerprint density at radius 3 is 2.60 bits per heavy atom. The molecule has 0 radical (unpaired) electrons. The molecule has 1 aromatic heterocycles. The first-order chi connectivity index (χ1) is 12.2. The molecule has 1 unspecified atom stereocenters. The van der Waals surface area contributed by atoms with Crippen molar-refractivity contribution in [3.63, 3.8) is 0 Å². The van der Waals surface area contributed by atoms with Gasteiger partial charge in [0.2, 0.25) is 11.8 Å². The normalized spacial score (nSPS) is 12.1. The van der Waals surface area contributed by atoms with Gasteiger partial charge in [0, 0.05) is 16.6 Å². The van der Waals surface area contributed by atoms with Crippen molar-refractivity contribution in [2.75, 3.05) is 6.61 Å². The molecule has 0 aliphatic rings. The van der Waals surface area contributed by atoms with Gasteiger partial charge in [-0.05, 0) is 49.7 Å². The molecule has 1 atom stereocenters. The third-order valence-electron chi connectivity index (χ3n) is 3.81. The lowest BCUT2D eigenvalue weighted by Gasteiger charge is -2.14. The fraction of sp³-hybridized carbons (Fsp3) is 0.263.